The minimum absolute atomic E-state index is 0.0824. The van der Waals surface area contributed by atoms with Crippen LogP contribution in [0.4, 0.5) is 13.2 Å². The van der Waals surface area contributed by atoms with Gasteiger partial charge < -0.3 is 35.2 Å². The van der Waals surface area contributed by atoms with Crippen LogP contribution in [0.15, 0.2) is 78.9 Å². The Balaban J connectivity index is 1.21. The molecule has 5 rings (SSSR count). The molecule has 2 aliphatic heterocycles. The maximum absolute atomic E-state index is 14.5. The molecule has 354 valence electrons. The van der Waals surface area contributed by atoms with Crippen molar-refractivity contribution in [2.45, 2.75) is 31.5 Å². The Morgan fingerprint density at radius 1 is 0.723 bits per heavy atom. The fraction of sp³-hybridized carbons (Fsp3) is 0.489. The van der Waals surface area contributed by atoms with Gasteiger partial charge in [0.1, 0.15) is 17.9 Å². The van der Waals surface area contributed by atoms with Gasteiger partial charge >= 0.3 is 30.1 Å². The number of rotatable bonds is 19. The quantitative estimate of drug-likeness (QED) is 0.106. The van der Waals surface area contributed by atoms with Crippen molar-refractivity contribution >= 4 is 30.0 Å². The third-order valence-electron chi connectivity index (χ3n) is 12.1. The van der Waals surface area contributed by atoms with Gasteiger partial charge in [-0.15, -0.1) is 0 Å². The van der Waals surface area contributed by atoms with E-state index in [0.29, 0.717) is 70.2 Å². The summed E-state index contributed by atoms with van der Waals surface area (Å²) in [6, 6.07) is 22.1. The molecule has 3 aromatic carbocycles. The van der Waals surface area contributed by atoms with Crippen molar-refractivity contribution in [3.63, 3.8) is 0 Å². The fourth-order valence-corrected chi connectivity index (χ4v) is 8.47. The molecule has 0 aromatic heterocycles. The Morgan fingerprint density at radius 3 is 1.83 bits per heavy atom. The predicted molar refractivity (Wildman–Crippen MR) is 237 cm³/mol. The molecule has 5 N–H and O–H groups in total. The average Bonchev–Trinajstić information content (AvgIpc) is 3.25. The van der Waals surface area contributed by atoms with Gasteiger partial charge in [0.05, 0.1) is 38.8 Å². The summed E-state index contributed by atoms with van der Waals surface area (Å²) < 4.78 is 55.5. The maximum atomic E-state index is 14.5. The van der Waals surface area contributed by atoms with Crippen LogP contribution in [0.2, 0.25) is 0 Å². The van der Waals surface area contributed by atoms with Gasteiger partial charge in [0.15, 0.2) is 0 Å². The van der Waals surface area contributed by atoms with Crippen LogP contribution in [-0.4, -0.2) is 181 Å². The molecule has 2 saturated heterocycles. The summed E-state index contributed by atoms with van der Waals surface area (Å²) in [4.78, 5) is 55.0. The van der Waals surface area contributed by atoms with Crippen LogP contribution in [0.3, 0.4) is 0 Å². The summed E-state index contributed by atoms with van der Waals surface area (Å²) in [5.74, 6) is -6.90. The second-order valence-corrected chi connectivity index (χ2v) is 16.6. The molecule has 3 unspecified atom stereocenters. The Labute approximate surface area is 377 Å². The first-order valence-electron chi connectivity index (χ1n) is 21.7. The smallest absolute Gasteiger partial charge is 0.393 e. The number of carboxylic acids is 4. The highest BCUT2D eigenvalue weighted by Gasteiger charge is 2.53. The lowest BCUT2D eigenvalue weighted by Gasteiger charge is -2.43. The molecule has 2 heterocycles. The number of allylic oxidation sites excluding steroid dienone is 1. The number of hydrogen-bond acceptors (Lipinski definition) is 11. The maximum Gasteiger partial charge on any atom is 0.393 e. The van der Waals surface area contributed by atoms with Gasteiger partial charge in [-0.2, -0.15) is 13.2 Å². The van der Waals surface area contributed by atoms with Gasteiger partial charge in [-0.05, 0) is 53.1 Å². The lowest BCUT2D eigenvalue weighted by atomic mass is 9.72. The van der Waals surface area contributed by atoms with Crippen LogP contribution < -0.4 is 10.1 Å². The number of benzene rings is 3. The van der Waals surface area contributed by atoms with Crippen molar-refractivity contribution in [3.8, 4) is 16.9 Å². The molecule has 3 aromatic rings. The minimum Gasteiger partial charge on any atom is -0.491 e. The van der Waals surface area contributed by atoms with Crippen LogP contribution in [0, 0.1) is 18.8 Å². The first-order valence-corrected chi connectivity index (χ1v) is 21.7. The summed E-state index contributed by atoms with van der Waals surface area (Å²) in [5, 5.41) is 41.8. The molecule has 3 atom stereocenters. The SMILES string of the molecule is Cc1c(/C=C/C2CC(Cc3ccccc3OCCOCCN3CCN(CC(=O)O)CCN(CC(=O)O)CCN(CC(=O)O)CC3)(C(=O)O)NCC2C(F)(F)F)cccc1-c1ccccc1. The summed E-state index contributed by atoms with van der Waals surface area (Å²) in [6.07, 6.45) is -1.86. The molecule has 0 radical (unpaired) electrons. The zero-order valence-corrected chi connectivity index (χ0v) is 36.6. The van der Waals surface area contributed by atoms with E-state index in [-0.39, 0.29) is 52.3 Å². The van der Waals surface area contributed by atoms with E-state index in [1.807, 2.05) is 60.4 Å². The number of nitrogens with one attached hydrogen (secondary N) is 1. The molecule has 0 aliphatic carbocycles. The van der Waals surface area contributed by atoms with Crippen LogP contribution in [0.1, 0.15) is 23.1 Å². The van der Waals surface area contributed by atoms with Crippen LogP contribution in [0.25, 0.3) is 17.2 Å². The first kappa shape index (κ1) is 50.6. The molecule has 0 bridgehead atoms. The number of aliphatic carboxylic acids is 4. The van der Waals surface area contributed by atoms with Crippen molar-refractivity contribution in [3.05, 3.63) is 95.6 Å². The summed E-state index contributed by atoms with van der Waals surface area (Å²) in [5.41, 5.74) is 2.33. The number of hydrogen-bond donors (Lipinski definition) is 5. The zero-order chi connectivity index (χ0) is 47.0. The second-order valence-electron chi connectivity index (χ2n) is 16.6. The average molecular weight is 912 g/mol. The number of alkyl halides is 3. The third-order valence-corrected chi connectivity index (χ3v) is 12.1. The number of piperidine rings is 1. The highest BCUT2D eigenvalue weighted by Crippen LogP contribution is 2.42. The first-order chi connectivity index (χ1) is 31.0. The van der Waals surface area contributed by atoms with E-state index < -0.39 is 54.0 Å². The summed E-state index contributed by atoms with van der Waals surface area (Å²) in [7, 11) is 0. The molecule has 65 heavy (non-hydrogen) atoms. The van der Waals surface area contributed by atoms with Crippen molar-refractivity contribution in [1.82, 2.24) is 24.9 Å². The Bertz CT molecular complexity index is 2040. The fourth-order valence-electron chi connectivity index (χ4n) is 8.47. The van der Waals surface area contributed by atoms with Gasteiger partial charge in [-0.25, -0.2) is 0 Å². The Morgan fingerprint density at radius 2 is 1.28 bits per heavy atom. The lowest BCUT2D eigenvalue weighted by molar-refractivity contribution is -0.194. The topological polar surface area (TPSA) is 193 Å². The number of carbonyl (C=O) groups is 4. The van der Waals surface area contributed by atoms with Crippen molar-refractivity contribution in [2.24, 2.45) is 11.8 Å². The molecule has 2 fully saturated rings. The highest BCUT2D eigenvalue weighted by molar-refractivity contribution is 5.80. The van der Waals surface area contributed by atoms with Crippen LogP contribution >= 0.6 is 0 Å². The standard InChI is InChI=1S/C47H60F3N5O10/c1-34-35(11-7-12-39(34)36-8-3-2-4-9-36)14-15-37-28-46(45(62)63,51-30-40(37)47(48,49)50)29-38-10-5-6-13-41(38)65-27-26-64-25-24-52-16-18-53(31-42(56)57)20-22-55(33-44(60)61)23-21-54(19-17-52)32-43(58)59/h2-15,37,40,51H,16-33H2,1H3,(H,56,57)(H,58,59)(H,60,61)(H,62,63)/b15-14+. The zero-order valence-electron chi connectivity index (χ0n) is 36.6. The summed E-state index contributed by atoms with van der Waals surface area (Å²) in [6.45, 7) is 4.37. The van der Waals surface area contributed by atoms with E-state index in [0.717, 1.165) is 22.3 Å². The highest BCUT2D eigenvalue weighted by atomic mass is 19.4. The van der Waals surface area contributed by atoms with Gasteiger partial charge in [-0.1, -0.05) is 78.9 Å². The van der Waals surface area contributed by atoms with Gasteiger partial charge in [0, 0.05) is 71.9 Å². The lowest BCUT2D eigenvalue weighted by Crippen LogP contribution is -2.62. The van der Waals surface area contributed by atoms with E-state index in [9.17, 15) is 52.8 Å². The van der Waals surface area contributed by atoms with E-state index >= 15 is 0 Å². The number of carboxylic acid groups (broad SMARTS) is 4. The molecular formula is C47H60F3N5O10. The molecule has 0 spiro atoms. The van der Waals surface area contributed by atoms with E-state index in [1.165, 1.54) is 6.08 Å². The number of para-hydroxylation sites is 1. The minimum atomic E-state index is -4.58. The van der Waals surface area contributed by atoms with Crippen molar-refractivity contribution < 1.29 is 62.2 Å². The molecule has 2 aliphatic rings. The Hall–Kier alpha value is -5.37. The third kappa shape index (κ3) is 15.6. The Kier molecular flexibility index (Phi) is 18.9. The van der Waals surface area contributed by atoms with Crippen molar-refractivity contribution in [2.75, 3.05) is 105 Å². The molecular weight excluding hydrogens is 852 g/mol. The van der Waals surface area contributed by atoms with Gasteiger partial charge in [-0.3, -0.25) is 38.8 Å². The predicted octanol–water partition coefficient (Wildman–Crippen LogP) is 4.40. The van der Waals surface area contributed by atoms with E-state index in [1.54, 1.807) is 45.0 Å². The second kappa shape index (κ2) is 24.2. The largest absolute Gasteiger partial charge is 0.491 e. The normalized spacial score (nSPS) is 21.4. The summed E-state index contributed by atoms with van der Waals surface area (Å²) >= 11 is 0. The van der Waals surface area contributed by atoms with Crippen LogP contribution in [-0.2, 0) is 30.3 Å². The molecule has 0 saturated carbocycles. The number of ether oxygens (including phenoxy) is 2. The number of nitrogens with zero attached hydrogens (tertiary/aromatic N) is 4. The molecule has 15 nitrogen and oxygen atoms in total. The van der Waals surface area contributed by atoms with E-state index in [2.05, 4.69) is 5.32 Å². The van der Waals surface area contributed by atoms with E-state index in [4.69, 9.17) is 9.47 Å². The molecule has 0 amide bonds. The number of halogens is 3. The van der Waals surface area contributed by atoms with Crippen LogP contribution in [0.5, 0.6) is 5.75 Å². The van der Waals surface area contributed by atoms with Gasteiger partial charge in [0.2, 0.25) is 0 Å². The van der Waals surface area contributed by atoms with Gasteiger partial charge in [0.25, 0.3) is 0 Å². The molecule has 18 heteroatoms. The monoisotopic (exact) mass is 911 g/mol. The van der Waals surface area contributed by atoms with Crippen molar-refractivity contribution in [1.29, 1.82) is 0 Å².